The molecule has 1 aromatic rings. The number of nitrogen functional groups attached to an aromatic ring is 1. The van der Waals surface area contributed by atoms with E-state index in [2.05, 4.69) is 20.3 Å². The lowest BCUT2D eigenvalue weighted by Gasteiger charge is -2.47. The Balaban J connectivity index is 1.82. The minimum absolute atomic E-state index is 0.297. The van der Waals surface area contributed by atoms with E-state index in [0.717, 1.165) is 38.8 Å². The highest BCUT2D eigenvalue weighted by Crippen LogP contribution is 2.41. The number of hydrogen-bond acceptors (Lipinski definition) is 6. The summed E-state index contributed by atoms with van der Waals surface area (Å²) in [5.74, 6) is 6.70. The molecular weight excluding hydrogens is 278 g/mol. The Labute approximate surface area is 123 Å². The maximum Gasteiger partial charge on any atom is 0.239 e. The van der Waals surface area contributed by atoms with Gasteiger partial charge in [-0.3, -0.25) is 5.43 Å². The zero-order valence-corrected chi connectivity index (χ0v) is 12.1. The van der Waals surface area contributed by atoms with Gasteiger partial charge in [-0.15, -0.1) is 0 Å². The number of fused-ring (bicyclic) bond motifs is 1. The van der Waals surface area contributed by atoms with Gasteiger partial charge in [-0.2, -0.15) is 4.98 Å². The molecule has 0 radical (unpaired) electrons. The maximum absolute atomic E-state index is 10.7. The van der Waals surface area contributed by atoms with Crippen LogP contribution in [0.5, 0.6) is 0 Å². The van der Waals surface area contributed by atoms with Crippen LogP contribution in [-0.4, -0.2) is 33.8 Å². The van der Waals surface area contributed by atoms with Crippen LogP contribution in [0.15, 0.2) is 6.20 Å². The Hall–Kier alpha value is -1.11. The second-order valence-electron chi connectivity index (χ2n) is 5.75. The van der Waals surface area contributed by atoms with Crippen LogP contribution in [0, 0.1) is 5.92 Å². The molecule has 1 saturated carbocycles. The average Bonchev–Trinajstić information content (AvgIpc) is 2.47. The van der Waals surface area contributed by atoms with Gasteiger partial charge in [0.2, 0.25) is 5.95 Å². The van der Waals surface area contributed by atoms with Crippen molar-refractivity contribution in [1.29, 1.82) is 0 Å². The van der Waals surface area contributed by atoms with Crippen molar-refractivity contribution in [2.45, 2.75) is 37.7 Å². The number of hydrogen-bond donors (Lipinski definition) is 3. The van der Waals surface area contributed by atoms with E-state index in [1.165, 1.54) is 6.42 Å². The summed E-state index contributed by atoms with van der Waals surface area (Å²) in [6.07, 6.45) is 6.62. The highest BCUT2D eigenvalue weighted by molar-refractivity contribution is 6.32. The Morgan fingerprint density at radius 2 is 2.30 bits per heavy atom. The van der Waals surface area contributed by atoms with Gasteiger partial charge >= 0.3 is 0 Å². The van der Waals surface area contributed by atoms with E-state index in [-0.39, 0.29) is 0 Å². The van der Waals surface area contributed by atoms with Crippen molar-refractivity contribution in [1.82, 2.24) is 9.97 Å². The summed E-state index contributed by atoms with van der Waals surface area (Å²) < 4.78 is 0. The first kappa shape index (κ1) is 13.9. The second kappa shape index (κ2) is 5.35. The van der Waals surface area contributed by atoms with Crippen LogP contribution in [0.1, 0.15) is 32.1 Å². The number of anilines is 2. The average molecular weight is 298 g/mol. The van der Waals surface area contributed by atoms with Crippen LogP contribution >= 0.6 is 11.6 Å². The predicted molar refractivity (Wildman–Crippen MR) is 78.6 cm³/mol. The lowest BCUT2D eigenvalue weighted by Crippen LogP contribution is -2.53. The Morgan fingerprint density at radius 1 is 1.45 bits per heavy atom. The normalized spacial score (nSPS) is 29.9. The molecule has 2 unspecified atom stereocenters. The minimum Gasteiger partial charge on any atom is -0.389 e. The summed E-state index contributed by atoms with van der Waals surface area (Å²) in [7, 11) is 0. The van der Waals surface area contributed by atoms with Gasteiger partial charge in [0, 0.05) is 19.0 Å². The van der Waals surface area contributed by atoms with Gasteiger partial charge in [0.05, 0.1) is 11.8 Å². The van der Waals surface area contributed by atoms with Gasteiger partial charge in [-0.1, -0.05) is 24.4 Å². The Morgan fingerprint density at radius 3 is 3.10 bits per heavy atom. The summed E-state index contributed by atoms with van der Waals surface area (Å²) >= 11 is 6.20. The Kier molecular flexibility index (Phi) is 3.70. The molecule has 0 aromatic carbocycles. The molecule has 2 aliphatic rings. The Bertz CT molecular complexity index is 500. The molecular formula is C13H20ClN5O. The zero-order valence-electron chi connectivity index (χ0n) is 11.3. The van der Waals surface area contributed by atoms with Crippen LogP contribution in [0.2, 0.25) is 5.02 Å². The molecule has 7 heteroatoms. The van der Waals surface area contributed by atoms with E-state index in [9.17, 15) is 5.11 Å². The van der Waals surface area contributed by atoms with Gasteiger partial charge in [-0.25, -0.2) is 10.8 Å². The number of nitrogens with two attached hydrogens (primary N) is 1. The van der Waals surface area contributed by atoms with Crippen molar-refractivity contribution in [3.05, 3.63) is 11.2 Å². The molecule has 20 heavy (non-hydrogen) atoms. The summed E-state index contributed by atoms with van der Waals surface area (Å²) in [5, 5.41) is 11.2. The minimum atomic E-state index is -0.497. The summed E-state index contributed by atoms with van der Waals surface area (Å²) in [6, 6.07) is 0. The quantitative estimate of drug-likeness (QED) is 0.567. The largest absolute Gasteiger partial charge is 0.389 e. The van der Waals surface area contributed by atoms with Gasteiger partial charge in [-0.05, 0) is 19.3 Å². The lowest BCUT2D eigenvalue weighted by atomic mass is 9.71. The van der Waals surface area contributed by atoms with Crippen molar-refractivity contribution in [3.63, 3.8) is 0 Å². The van der Waals surface area contributed by atoms with Crippen molar-refractivity contribution >= 4 is 23.4 Å². The predicted octanol–water partition coefficient (Wildman–Crippen LogP) is 1.55. The third-order valence-electron chi connectivity index (χ3n) is 4.58. The van der Waals surface area contributed by atoms with Gasteiger partial charge in [0.25, 0.3) is 0 Å². The number of halogens is 1. The summed E-state index contributed by atoms with van der Waals surface area (Å²) in [5.41, 5.74) is 1.94. The lowest BCUT2D eigenvalue weighted by molar-refractivity contribution is -0.0613. The molecule has 1 saturated heterocycles. The van der Waals surface area contributed by atoms with Gasteiger partial charge < -0.3 is 10.0 Å². The fourth-order valence-electron chi connectivity index (χ4n) is 3.41. The van der Waals surface area contributed by atoms with Crippen molar-refractivity contribution in [3.8, 4) is 0 Å². The maximum atomic E-state index is 10.7. The van der Waals surface area contributed by atoms with E-state index in [4.69, 9.17) is 17.4 Å². The van der Waals surface area contributed by atoms with Crippen molar-refractivity contribution in [2.24, 2.45) is 11.8 Å². The summed E-state index contributed by atoms with van der Waals surface area (Å²) in [4.78, 5) is 10.5. The molecule has 0 amide bonds. The first-order valence-electron chi connectivity index (χ1n) is 7.09. The first-order chi connectivity index (χ1) is 9.62. The molecule has 1 aliphatic carbocycles. The first-order valence-corrected chi connectivity index (χ1v) is 7.47. The smallest absolute Gasteiger partial charge is 0.239 e. The number of rotatable bonds is 2. The third kappa shape index (κ3) is 2.43. The molecule has 1 aliphatic heterocycles. The van der Waals surface area contributed by atoms with E-state index in [0.29, 0.717) is 22.7 Å². The number of nitrogens with zero attached hydrogens (tertiary/aromatic N) is 3. The molecule has 2 fully saturated rings. The number of aliphatic hydroxyl groups is 1. The van der Waals surface area contributed by atoms with Crippen LogP contribution in [-0.2, 0) is 0 Å². The van der Waals surface area contributed by atoms with E-state index >= 15 is 0 Å². The molecule has 6 nitrogen and oxygen atoms in total. The molecule has 4 N–H and O–H groups in total. The molecule has 3 rings (SSSR count). The van der Waals surface area contributed by atoms with E-state index < -0.39 is 5.60 Å². The summed E-state index contributed by atoms with van der Waals surface area (Å²) in [6.45, 7) is 1.55. The number of aromatic nitrogens is 2. The molecule has 0 bridgehead atoms. The van der Waals surface area contributed by atoms with Crippen LogP contribution in [0.3, 0.4) is 0 Å². The standard InChI is InChI=1S/C13H20ClN5O/c14-10-7-16-12(18-15)17-11(10)19-6-5-13(20)4-2-1-3-9(13)8-19/h7,9,20H,1-6,8,15H2,(H,16,17,18). The zero-order chi connectivity index (χ0) is 14.2. The number of piperidine rings is 1. The van der Waals surface area contributed by atoms with Crippen molar-refractivity contribution < 1.29 is 5.11 Å². The monoisotopic (exact) mass is 297 g/mol. The molecule has 0 spiro atoms. The highest BCUT2D eigenvalue weighted by atomic mass is 35.5. The topological polar surface area (TPSA) is 87.3 Å². The fraction of sp³-hybridized carbons (Fsp3) is 0.692. The van der Waals surface area contributed by atoms with E-state index in [1.54, 1.807) is 6.20 Å². The van der Waals surface area contributed by atoms with Gasteiger partial charge in [0.1, 0.15) is 5.02 Å². The third-order valence-corrected chi connectivity index (χ3v) is 4.85. The number of nitrogens with one attached hydrogen (secondary N) is 1. The fourth-order valence-corrected chi connectivity index (χ4v) is 3.62. The molecule has 110 valence electrons. The van der Waals surface area contributed by atoms with Crippen LogP contribution in [0.25, 0.3) is 0 Å². The van der Waals surface area contributed by atoms with Crippen LogP contribution in [0.4, 0.5) is 11.8 Å². The van der Waals surface area contributed by atoms with E-state index in [1.807, 2.05) is 0 Å². The SMILES string of the molecule is NNc1ncc(Cl)c(N2CCC3(O)CCCCC3C2)n1. The highest BCUT2D eigenvalue weighted by Gasteiger charge is 2.43. The van der Waals surface area contributed by atoms with Crippen molar-refractivity contribution in [2.75, 3.05) is 23.4 Å². The number of hydrazine groups is 1. The van der Waals surface area contributed by atoms with Crippen LogP contribution < -0.4 is 16.2 Å². The van der Waals surface area contributed by atoms with Gasteiger partial charge in [0.15, 0.2) is 5.82 Å². The molecule has 2 atom stereocenters. The molecule has 1 aromatic heterocycles. The molecule has 2 heterocycles. The second-order valence-corrected chi connectivity index (χ2v) is 6.16.